The number of ether oxygens (including phenoxy) is 1. The van der Waals surface area contributed by atoms with Crippen LogP contribution in [0.4, 0.5) is 5.69 Å². The van der Waals surface area contributed by atoms with E-state index in [4.69, 9.17) is 0 Å². The normalized spacial score (nSPS) is 14.6. The second kappa shape index (κ2) is 8.97. The molecular formula is C18H20N4O6S. The van der Waals surface area contributed by atoms with Crippen LogP contribution in [-0.2, 0) is 22.6 Å². The molecule has 154 valence electrons. The van der Waals surface area contributed by atoms with Crippen molar-refractivity contribution in [2.75, 3.05) is 33.3 Å². The lowest BCUT2D eigenvalue weighted by Crippen LogP contribution is -2.49. The molecular weight excluding hydrogens is 400 g/mol. The lowest BCUT2D eigenvalue weighted by molar-refractivity contribution is -0.385. The average molecular weight is 420 g/mol. The third-order valence-electron chi connectivity index (χ3n) is 4.68. The second-order valence-electron chi connectivity index (χ2n) is 6.53. The summed E-state index contributed by atoms with van der Waals surface area (Å²) in [5.41, 5.74) is -1.74. The molecule has 0 spiro atoms. The zero-order valence-electron chi connectivity index (χ0n) is 15.8. The summed E-state index contributed by atoms with van der Waals surface area (Å²) in [5.74, 6) is -1.32. The molecule has 1 fully saturated rings. The van der Waals surface area contributed by atoms with Crippen LogP contribution in [-0.4, -0.2) is 64.5 Å². The number of aromatic nitrogens is 1. The van der Waals surface area contributed by atoms with Crippen molar-refractivity contribution in [2.24, 2.45) is 0 Å². The number of methoxy groups -OCH3 is 1. The van der Waals surface area contributed by atoms with Crippen LogP contribution in [0.5, 0.6) is 0 Å². The molecule has 11 heteroatoms. The molecule has 10 nitrogen and oxygen atoms in total. The lowest BCUT2D eigenvalue weighted by Gasteiger charge is -2.34. The third kappa shape index (κ3) is 4.87. The highest BCUT2D eigenvalue weighted by atomic mass is 32.1. The summed E-state index contributed by atoms with van der Waals surface area (Å²) < 4.78 is 5.40. The van der Waals surface area contributed by atoms with Crippen LogP contribution >= 0.6 is 11.3 Å². The molecule has 29 heavy (non-hydrogen) atoms. The number of thiophene rings is 1. The molecule has 0 N–H and O–H groups in total. The van der Waals surface area contributed by atoms with Gasteiger partial charge in [0.1, 0.15) is 12.1 Å². The van der Waals surface area contributed by atoms with E-state index in [-0.39, 0.29) is 12.5 Å². The summed E-state index contributed by atoms with van der Waals surface area (Å²) in [4.78, 5) is 52.4. The first-order chi connectivity index (χ1) is 13.9. The summed E-state index contributed by atoms with van der Waals surface area (Å²) in [6, 6.07) is 4.92. The fraction of sp³-hybridized carbons (Fsp3) is 0.389. The monoisotopic (exact) mass is 420 g/mol. The van der Waals surface area contributed by atoms with Crippen LogP contribution < -0.4 is 5.56 Å². The minimum atomic E-state index is -0.984. The number of hydrogen-bond donors (Lipinski definition) is 0. The van der Waals surface area contributed by atoms with Gasteiger partial charge in [0.2, 0.25) is 5.91 Å². The van der Waals surface area contributed by atoms with Crippen molar-refractivity contribution in [3.63, 3.8) is 0 Å². The van der Waals surface area contributed by atoms with Crippen molar-refractivity contribution in [2.45, 2.75) is 13.1 Å². The van der Waals surface area contributed by atoms with Crippen LogP contribution in [0.2, 0.25) is 0 Å². The number of rotatable bonds is 6. The van der Waals surface area contributed by atoms with Gasteiger partial charge in [-0.15, -0.1) is 11.3 Å². The molecule has 2 aromatic rings. The van der Waals surface area contributed by atoms with Gasteiger partial charge in [-0.2, -0.15) is 0 Å². The zero-order valence-corrected chi connectivity index (χ0v) is 16.6. The van der Waals surface area contributed by atoms with Crippen molar-refractivity contribution in [1.29, 1.82) is 0 Å². The number of hydrogen-bond acceptors (Lipinski definition) is 8. The largest absolute Gasteiger partial charge is 0.465 e. The first-order valence-electron chi connectivity index (χ1n) is 8.88. The Kier molecular flexibility index (Phi) is 6.39. The molecule has 3 heterocycles. The number of nitrogens with zero attached hydrogens (tertiary/aromatic N) is 4. The molecule has 0 bridgehead atoms. The van der Waals surface area contributed by atoms with Gasteiger partial charge in [0.25, 0.3) is 11.2 Å². The predicted octanol–water partition coefficient (Wildman–Crippen LogP) is 0.949. The van der Waals surface area contributed by atoms with E-state index in [9.17, 15) is 24.5 Å². The maximum Gasteiger partial charge on any atom is 0.343 e. The Morgan fingerprint density at radius 3 is 2.59 bits per heavy atom. The fourth-order valence-electron chi connectivity index (χ4n) is 3.12. The molecule has 1 saturated heterocycles. The number of esters is 1. The molecule has 1 amide bonds. The maximum atomic E-state index is 12.6. The summed E-state index contributed by atoms with van der Waals surface area (Å²) in [5, 5.41) is 13.1. The Labute approximate surface area is 170 Å². The Morgan fingerprint density at radius 2 is 2.00 bits per heavy atom. The van der Waals surface area contributed by atoms with Crippen molar-refractivity contribution >= 4 is 28.9 Å². The number of amides is 1. The van der Waals surface area contributed by atoms with Gasteiger partial charge < -0.3 is 9.64 Å². The van der Waals surface area contributed by atoms with E-state index in [1.807, 2.05) is 11.4 Å². The molecule has 1 aliphatic rings. The Bertz CT molecular complexity index is 963. The van der Waals surface area contributed by atoms with Crippen LogP contribution in [0.15, 0.2) is 34.6 Å². The predicted molar refractivity (Wildman–Crippen MR) is 105 cm³/mol. The van der Waals surface area contributed by atoms with E-state index < -0.39 is 27.7 Å². The quantitative estimate of drug-likeness (QED) is 0.388. The Balaban J connectivity index is 1.69. The minimum Gasteiger partial charge on any atom is -0.465 e. The molecule has 0 unspecified atom stereocenters. The van der Waals surface area contributed by atoms with Crippen LogP contribution in [0.3, 0.4) is 0 Å². The lowest BCUT2D eigenvalue weighted by atomic mass is 10.2. The van der Waals surface area contributed by atoms with Crippen molar-refractivity contribution in [1.82, 2.24) is 14.4 Å². The first-order valence-corrected chi connectivity index (χ1v) is 9.76. The van der Waals surface area contributed by atoms with Crippen molar-refractivity contribution in [3.05, 3.63) is 60.7 Å². The van der Waals surface area contributed by atoms with E-state index >= 15 is 0 Å². The average Bonchev–Trinajstić information content (AvgIpc) is 3.22. The first kappa shape index (κ1) is 20.7. The maximum absolute atomic E-state index is 12.6. The summed E-state index contributed by atoms with van der Waals surface area (Å²) in [7, 11) is 1.08. The molecule has 0 atom stereocenters. The number of carbonyl (C=O) groups excluding carboxylic acids is 2. The van der Waals surface area contributed by atoms with Gasteiger partial charge in [0.15, 0.2) is 0 Å². The van der Waals surface area contributed by atoms with Crippen molar-refractivity contribution < 1.29 is 19.2 Å². The molecule has 2 aromatic heterocycles. The van der Waals surface area contributed by atoms with E-state index in [0.29, 0.717) is 26.2 Å². The van der Waals surface area contributed by atoms with Crippen LogP contribution in [0, 0.1) is 10.1 Å². The van der Waals surface area contributed by atoms with E-state index in [0.717, 1.165) is 30.5 Å². The second-order valence-corrected chi connectivity index (χ2v) is 7.56. The fourth-order valence-corrected chi connectivity index (χ4v) is 3.86. The van der Waals surface area contributed by atoms with E-state index in [1.54, 1.807) is 16.2 Å². The third-order valence-corrected chi connectivity index (χ3v) is 5.54. The standard InChI is InChI=1S/C18H20N4O6S/c1-28-18(25)15-9-13(22(26)27)10-21(17(15)24)12-16(23)20-6-4-19(5-7-20)11-14-3-2-8-29-14/h2-3,8-10H,4-7,11-12H2,1H3. The van der Waals surface area contributed by atoms with E-state index in [1.165, 1.54) is 4.88 Å². The van der Waals surface area contributed by atoms with Gasteiger partial charge >= 0.3 is 5.97 Å². The molecule has 1 aliphatic heterocycles. The molecule has 0 saturated carbocycles. The highest BCUT2D eigenvalue weighted by molar-refractivity contribution is 7.09. The molecule has 0 aromatic carbocycles. The number of piperazine rings is 1. The minimum absolute atomic E-state index is 0.334. The van der Waals surface area contributed by atoms with Gasteiger partial charge in [-0.1, -0.05) is 6.07 Å². The topological polar surface area (TPSA) is 115 Å². The summed E-state index contributed by atoms with van der Waals surface area (Å²) >= 11 is 1.68. The summed E-state index contributed by atoms with van der Waals surface area (Å²) in [6.45, 7) is 2.83. The highest BCUT2D eigenvalue weighted by Gasteiger charge is 2.24. The Hall–Kier alpha value is -3.05. The van der Waals surface area contributed by atoms with Gasteiger partial charge in [-0.05, 0) is 11.4 Å². The molecule has 0 aliphatic carbocycles. The Morgan fingerprint density at radius 1 is 1.28 bits per heavy atom. The van der Waals surface area contributed by atoms with Crippen LogP contribution in [0.1, 0.15) is 15.2 Å². The summed E-state index contributed by atoms with van der Waals surface area (Å²) in [6.07, 6.45) is 0.972. The van der Waals surface area contributed by atoms with E-state index in [2.05, 4.69) is 15.7 Å². The van der Waals surface area contributed by atoms with Gasteiger partial charge in [-0.25, -0.2) is 4.79 Å². The number of nitro groups is 1. The van der Waals surface area contributed by atoms with Crippen LogP contribution in [0.25, 0.3) is 0 Å². The van der Waals surface area contributed by atoms with Gasteiger partial charge in [0.05, 0.1) is 18.2 Å². The zero-order chi connectivity index (χ0) is 21.0. The number of pyridine rings is 1. The molecule has 3 rings (SSSR count). The highest BCUT2D eigenvalue weighted by Crippen LogP contribution is 2.14. The van der Waals surface area contributed by atoms with Gasteiger partial charge in [0, 0.05) is 43.7 Å². The number of carbonyl (C=O) groups is 2. The smallest absolute Gasteiger partial charge is 0.343 e. The van der Waals surface area contributed by atoms with Gasteiger partial charge in [-0.3, -0.25) is 29.2 Å². The van der Waals surface area contributed by atoms with Crippen molar-refractivity contribution in [3.8, 4) is 0 Å². The molecule has 0 radical (unpaired) electrons. The SMILES string of the molecule is COC(=O)c1cc([N+](=O)[O-])cn(CC(=O)N2CCN(Cc3cccs3)CC2)c1=O.